The minimum absolute atomic E-state index is 0.0436. The largest absolute Gasteiger partial charge is 0.328 e. The molecule has 23 heavy (non-hydrogen) atoms. The van der Waals surface area contributed by atoms with Crippen LogP contribution in [0, 0.1) is 12.3 Å². The number of aryl methyl sites for hydroxylation is 2. The van der Waals surface area contributed by atoms with Gasteiger partial charge >= 0.3 is 0 Å². The first-order chi connectivity index (χ1) is 10.9. The Morgan fingerprint density at radius 2 is 2.13 bits per heavy atom. The maximum absolute atomic E-state index is 12.9. The zero-order chi connectivity index (χ0) is 16.4. The third-order valence-electron chi connectivity index (χ3n) is 4.59. The Balaban J connectivity index is 1.93. The third-order valence-corrected chi connectivity index (χ3v) is 4.59. The van der Waals surface area contributed by atoms with Crippen molar-refractivity contribution in [3.05, 3.63) is 35.1 Å². The topological polar surface area (TPSA) is 77.6 Å². The van der Waals surface area contributed by atoms with Crippen molar-refractivity contribution in [2.45, 2.75) is 39.7 Å². The predicted octanol–water partition coefficient (Wildman–Crippen LogP) is 1.98. The lowest BCUT2D eigenvalue weighted by Crippen LogP contribution is -2.37. The van der Waals surface area contributed by atoms with Gasteiger partial charge in [0.2, 0.25) is 5.95 Å². The molecular formula is C16H20N6O. The minimum atomic E-state index is -0.265. The van der Waals surface area contributed by atoms with Crippen LogP contribution in [-0.2, 0) is 11.8 Å². The SMILES string of the molecule is Cc1cc([C@@H]2C3=C(CC(C)(C)CC3=O)Nc3ncnn32)n(C)n1. The van der Waals surface area contributed by atoms with Crippen LogP contribution in [0.4, 0.5) is 5.95 Å². The molecule has 4 rings (SSSR count). The fourth-order valence-electron chi connectivity index (χ4n) is 3.71. The van der Waals surface area contributed by atoms with Crippen LogP contribution in [0.15, 0.2) is 23.7 Å². The zero-order valence-corrected chi connectivity index (χ0v) is 13.8. The van der Waals surface area contributed by atoms with Crippen molar-refractivity contribution in [2.75, 3.05) is 5.32 Å². The number of nitrogens with zero attached hydrogens (tertiary/aromatic N) is 5. The summed E-state index contributed by atoms with van der Waals surface area (Å²) in [5.74, 6) is 0.854. The lowest BCUT2D eigenvalue weighted by atomic mass is 9.73. The van der Waals surface area contributed by atoms with E-state index in [1.165, 1.54) is 6.33 Å². The summed E-state index contributed by atoms with van der Waals surface area (Å²) in [6.07, 6.45) is 2.89. The molecule has 2 aliphatic rings. The average Bonchev–Trinajstić information content (AvgIpc) is 3.01. The van der Waals surface area contributed by atoms with E-state index in [1.54, 1.807) is 4.68 Å². The zero-order valence-electron chi connectivity index (χ0n) is 13.8. The number of allylic oxidation sites excluding steroid dienone is 2. The lowest BCUT2D eigenvalue weighted by Gasteiger charge is -2.38. The Morgan fingerprint density at radius 1 is 1.35 bits per heavy atom. The summed E-state index contributed by atoms with van der Waals surface area (Å²) in [6, 6.07) is 1.75. The van der Waals surface area contributed by atoms with Gasteiger partial charge in [0.25, 0.3) is 0 Å². The molecule has 0 bridgehead atoms. The van der Waals surface area contributed by atoms with E-state index in [2.05, 4.69) is 34.3 Å². The monoisotopic (exact) mass is 312 g/mol. The molecule has 0 fully saturated rings. The molecule has 2 aromatic rings. The van der Waals surface area contributed by atoms with Gasteiger partial charge in [0.05, 0.1) is 11.4 Å². The highest BCUT2D eigenvalue weighted by molar-refractivity contribution is 5.99. The second-order valence-corrected chi connectivity index (χ2v) is 7.22. The molecule has 0 spiro atoms. The van der Waals surface area contributed by atoms with E-state index in [0.717, 1.165) is 29.1 Å². The van der Waals surface area contributed by atoms with Crippen molar-refractivity contribution in [3.8, 4) is 0 Å². The molecule has 120 valence electrons. The van der Waals surface area contributed by atoms with E-state index in [1.807, 2.05) is 24.7 Å². The van der Waals surface area contributed by atoms with Crippen LogP contribution in [-0.4, -0.2) is 30.3 Å². The maximum atomic E-state index is 12.9. The summed E-state index contributed by atoms with van der Waals surface area (Å²) in [4.78, 5) is 17.2. The van der Waals surface area contributed by atoms with Crippen molar-refractivity contribution in [1.82, 2.24) is 24.5 Å². The Labute approximate surface area is 134 Å². The summed E-state index contributed by atoms with van der Waals surface area (Å²) in [5.41, 5.74) is 3.60. The van der Waals surface area contributed by atoms with Crippen LogP contribution >= 0.6 is 0 Å². The molecule has 2 aromatic heterocycles. The van der Waals surface area contributed by atoms with E-state index in [0.29, 0.717) is 12.4 Å². The van der Waals surface area contributed by atoms with Crippen LogP contribution in [0.1, 0.15) is 44.1 Å². The van der Waals surface area contributed by atoms with Gasteiger partial charge in [-0.15, -0.1) is 0 Å². The van der Waals surface area contributed by atoms with Crippen LogP contribution < -0.4 is 5.32 Å². The van der Waals surface area contributed by atoms with Gasteiger partial charge in [-0.25, -0.2) is 4.68 Å². The number of carbonyl (C=O) groups is 1. The van der Waals surface area contributed by atoms with E-state index in [4.69, 9.17) is 0 Å². The van der Waals surface area contributed by atoms with Gasteiger partial charge in [0.1, 0.15) is 12.4 Å². The van der Waals surface area contributed by atoms with Crippen molar-refractivity contribution >= 4 is 11.7 Å². The van der Waals surface area contributed by atoms with Gasteiger partial charge < -0.3 is 5.32 Å². The van der Waals surface area contributed by atoms with E-state index in [9.17, 15) is 4.79 Å². The van der Waals surface area contributed by atoms with Gasteiger partial charge in [-0.3, -0.25) is 9.48 Å². The number of carbonyl (C=O) groups excluding carboxylic acids is 1. The number of nitrogens with one attached hydrogen (secondary N) is 1. The normalized spacial score (nSPS) is 22.6. The molecule has 0 radical (unpaired) electrons. The number of fused-ring (bicyclic) bond motifs is 1. The molecule has 7 heteroatoms. The summed E-state index contributed by atoms with van der Waals surface area (Å²) in [5, 5.41) is 12.1. The quantitative estimate of drug-likeness (QED) is 0.871. The highest BCUT2D eigenvalue weighted by Gasteiger charge is 2.42. The molecule has 0 amide bonds. The second-order valence-electron chi connectivity index (χ2n) is 7.22. The number of rotatable bonds is 1. The number of anilines is 1. The predicted molar refractivity (Wildman–Crippen MR) is 84.8 cm³/mol. The fraction of sp³-hybridized carbons (Fsp3) is 0.500. The molecule has 0 saturated carbocycles. The molecule has 0 saturated heterocycles. The highest BCUT2D eigenvalue weighted by Crippen LogP contribution is 2.44. The number of hydrogen-bond donors (Lipinski definition) is 1. The Bertz CT molecular complexity index is 841. The van der Waals surface area contributed by atoms with Crippen LogP contribution in [0.5, 0.6) is 0 Å². The lowest BCUT2D eigenvalue weighted by molar-refractivity contribution is -0.118. The molecule has 1 N–H and O–H groups in total. The fourth-order valence-corrected chi connectivity index (χ4v) is 3.71. The van der Waals surface area contributed by atoms with Gasteiger partial charge in [-0.1, -0.05) is 13.8 Å². The Morgan fingerprint density at radius 3 is 2.83 bits per heavy atom. The van der Waals surface area contributed by atoms with E-state index >= 15 is 0 Å². The van der Waals surface area contributed by atoms with Crippen LogP contribution in [0.2, 0.25) is 0 Å². The van der Waals surface area contributed by atoms with Gasteiger partial charge in [0.15, 0.2) is 5.78 Å². The molecular weight excluding hydrogens is 292 g/mol. The summed E-state index contributed by atoms with van der Waals surface area (Å²) in [6.45, 7) is 6.20. The number of ketones is 1. The standard InChI is InChI=1S/C16H20N6O/c1-9-5-11(21(4)20-9)14-13-10(6-16(2,3)7-12(13)23)19-15-17-8-18-22(14)15/h5,8,14H,6-7H2,1-4H3,(H,17,18,19)/t14-/m1/s1. The number of hydrogen-bond acceptors (Lipinski definition) is 5. The van der Waals surface area contributed by atoms with Crippen molar-refractivity contribution in [2.24, 2.45) is 12.5 Å². The van der Waals surface area contributed by atoms with Gasteiger partial charge in [-0.2, -0.15) is 15.2 Å². The summed E-state index contributed by atoms with van der Waals surface area (Å²) >= 11 is 0. The molecule has 0 unspecified atom stereocenters. The molecule has 0 aromatic carbocycles. The number of Topliss-reactive ketones (excluding diaryl/α,β-unsaturated/α-hetero) is 1. The Hall–Kier alpha value is -2.44. The van der Waals surface area contributed by atoms with E-state index in [-0.39, 0.29) is 17.2 Å². The van der Waals surface area contributed by atoms with Crippen molar-refractivity contribution < 1.29 is 4.79 Å². The first-order valence-corrected chi connectivity index (χ1v) is 7.79. The molecule has 3 heterocycles. The van der Waals surface area contributed by atoms with Gasteiger partial charge in [-0.05, 0) is 24.8 Å². The van der Waals surface area contributed by atoms with Crippen molar-refractivity contribution in [1.29, 1.82) is 0 Å². The smallest absolute Gasteiger partial charge is 0.226 e. The molecule has 1 atom stereocenters. The maximum Gasteiger partial charge on any atom is 0.226 e. The van der Waals surface area contributed by atoms with Crippen molar-refractivity contribution in [3.63, 3.8) is 0 Å². The molecule has 1 aliphatic heterocycles. The van der Waals surface area contributed by atoms with Crippen LogP contribution in [0.25, 0.3) is 0 Å². The summed E-state index contributed by atoms with van der Waals surface area (Å²) in [7, 11) is 1.90. The Kier molecular flexibility index (Phi) is 2.79. The van der Waals surface area contributed by atoms with Crippen LogP contribution in [0.3, 0.4) is 0 Å². The number of aromatic nitrogens is 5. The first kappa shape index (κ1) is 14.2. The molecule has 7 nitrogen and oxygen atoms in total. The molecule has 1 aliphatic carbocycles. The second kappa shape index (κ2) is 4.53. The van der Waals surface area contributed by atoms with Gasteiger partial charge in [0, 0.05) is 24.7 Å². The average molecular weight is 312 g/mol. The minimum Gasteiger partial charge on any atom is -0.328 e. The summed E-state index contributed by atoms with van der Waals surface area (Å²) < 4.78 is 3.61. The first-order valence-electron chi connectivity index (χ1n) is 7.79. The van der Waals surface area contributed by atoms with E-state index < -0.39 is 0 Å². The highest BCUT2D eigenvalue weighted by atomic mass is 16.1. The third kappa shape index (κ3) is 2.10.